The lowest BCUT2D eigenvalue weighted by Crippen LogP contribution is -2.13. The molecule has 1 saturated carbocycles. The standard InChI is InChI=1S/C13H19N3O/c1-2-3-8-14-12-7-6-11(9-15-12)16-13(17)10-4-5-10/h6-7,9-10H,2-5,8H2,1H3,(H,14,15)(H,16,17). The predicted octanol–water partition coefficient (Wildman–Crippen LogP) is 2.64. The van der Waals surface area contributed by atoms with E-state index in [1.54, 1.807) is 6.20 Å². The maximum atomic E-state index is 11.5. The second kappa shape index (κ2) is 5.66. The lowest BCUT2D eigenvalue weighted by atomic mass is 10.3. The van der Waals surface area contributed by atoms with E-state index in [0.29, 0.717) is 0 Å². The van der Waals surface area contributed by atoms with Gasteiger partial charge in [-0.05, 0) is 31.4 Å². The summed E-state index contributed by atoms with van der Waals surface area (Å²) < 4.78 is 0. The van der Waals surface area contributed by atoms with Crippen LogP contribution in [0.15, 0.2) is 18.3 Å². The van der Waals surface area contributed by atoms with Crippen molar-refractivity contribution in [2.45, 2.75) is 32.6 Å². The molecule has 92 valence electrons. The summed E-state index contributed by atoms with van der Waals surface area (Å²) >= 11 is 0. The second-order valence-electron chi connectivity index (χ2n) is 4.48. The summed E-state index contributed by atoms with van der Waals surface area (Å²) in [4.78, 5) is 15.8. The summed E-state index contributed by atoms with van der Waals surface area (Å²) in [5, 5.41) is 6.11. The molecule has 0 spiro atoms. The van der Waals surface area contributed by atoms with Crippen molar-refractivity contribution in [3.8, 4) is 0 Å². The van der Waals surface area contributed by atoms with Gasteiger partial charge in [0, 0.05) is 12.5 Å². The van der Waals surface area contributed by atoms with E-state index < -0.39 is 0 Å². The molecule has 2 rings (SSSR count). The number of aromatic nitrogens is 1. The van der Waals surface area contributed by atoms with Gasteiger partial charge in [-0.3, -0.25) is 4.79 Å². The van der Waals surface area contributed by atoms with Gasteiger partial charge < -0.3 is 10.6 Å². The third-order valence-electron chi connectivity index (χ3n) is 2.82. The number of hydrogen-bond acceptors (Lipinski definition) is 3. The highest BCUT2D eigenvalue weighted by atomic mass is 16.2. The largest absolute Gasteiger partial charge is 0.370 e. The lowest BCUT2D eigenvalue weighted by Gasteiger charge is -2.06. The average Bonchev–Trinajstić information content (AvgIpc) is 3.16. The molecule has 0 saturated heterocycles. The highest BCUT2D eigenvalue weighted by molar-refractivity contribution is 5.93. The molecule has 0 radical (unpaired) electrons. The molecule has 4 heteroatoms. The molecule has 0 bridgehead atoms. The molecule has 0 atom stereocenters. The van der Waals surface area contributed by atoms with Crippen LogP contribution in [0.4, 0.5) is 11.5 Å². The Labute approximate surface area is 102 Å². The Hall–Kier alpha value is -1.58. The van der Waals surface area contributed by atoms with Crippen molar-refractivity contribution in [3.63, 3.8) is 0 Å². The minimum atomic E-state index is 0.124. The van der Waals surface area contributed by atoms with Crippen molar-refractivity contribution in [2.24, 2.45) is 5.92 Å². The third kappa shape index (κ3) is 3.73. The topological polar surface area (TPSA) is 54.0 Å². The van der Waals surface area contributed by atoms with Gasteiger partial charge in [-0.1, -0.05) is 13.3 Å². The number of nitrogens with zero attached hydrogens (tertiary/aromatic N) is 1. The molecule has 17 heavy (non-hydrogen) atoms. The summed E-state index contributed by atoms with van der Waals surface area (Å²) in [5.74, 6) is 1.22. The van der Waals surface area contributed by atoms with Crippen molar-refractivity contribution in [1.82, 2.24) is 4.98 Å². The van der Waals surface area contributed by atoms with E-state index in [2.05, 4.69) is 22.5 Å². The summed E-state index contributed by atoms with van der Waals surface area (Å²) in [7, 11) is 0. The number of anilines is 2. The van der Waals surface area contributed by atoms with E-state index in [1.807, 2.05) is 12.1 Å². The van der Waals surface area contributed by atoms with Gasteiger partial charge in [0.25, 0.3) is 0 Å². The first-order chi connectivity index (χ1) is 8.29. The summed E-state index contributed by atoms with van der Waals surface area (Å²) in [6.07, 6.45) is 6.06. The summed E-state index contributed by atoms with van der Waals surface area (Å²) in [5.41, 5.74) is 0.781. The number of rotatable bonds is 6. The molecule has 1 amide bonds. The fourth-order valence-corrected chi connectivity index (χ4v) is 1.56. The number of unbranched alkanes of at least 4 members (excludes halogenated alkanes) is 1. The first-order valence-corrected chi connectivity index (χ1v) is 6.30. The Kier molecular flexibility index (Phi) is 3.96. The van der Waals surface area contributed by atoms with Crippen LogP contribution in [0.3, 0.4) is 0 Å². The van der Waals surface area contributed by atoms with Crippen molar-refractivity contribution in [1.29, 1.82) is 0 Å². The van der Waals surface area contributed by atoms with Crippen LogP contribution in [0, 0.1) is 5.92 Å². The molecular formula is C13H19N3O. The highest BCUT2D eigenvalue weighted by Crippen LogP contribution is 2.30. The molecule has 1 fully saturated rings. The maximum absolute atomic E-state index is 11.5. The van der Waals surface area contributed by atoms with Crippen LogP contribution in [0.2, 0.25) is 0 Å². The SMILES string of the molecule is CCCCNc1ccc(NC(=O)C2CC2)cn1. The average molecular weight is 233 g/mol. The van der Waals surface area contributed by atoms with E-state index in [4.69, 9.17) is 0 Å². The molecule has 0 aliphatic heterocycles. The smallest absolute Gasteiger partial charge is 0.227 e. The zero-order valence-corrected chi connectivity index (χ0v) is 10.2. The van der Waals surface area contributed by atoms with Gasteiger partial charge in [-0.2, -0.15) is 0 Å². The fourth-order valence-electron chi connectivity index (χ4n) is 1.56. The maximum Gasteiger partial charge on any atom is 0.227 e. The van der Waals surface area contributed by atoms with E-state index in [1.165, 1.54) is 6.42 Å². The zero-order chi connectivity index (χ0) is 12.1. The van der Waals surface area contributed by atoms with Crippen LogP contribution in [-0.4, -0.2) is 17.4 Å². The number of pyridine rings is 1. The van der Waals surface area contributed by atoms with E-state index in [9.17, 15) is 4.79 Å². The number of nitrogens with one attached hydrogen (secondary N) is 2. The number of carbonyl (C=O) groups is 1. The minimum Gasteiger partial charge on any atom is -0.370 e. The first kappa shape index (κ1) is 11.9. The normalized spacial score (nSPS) is 14.4. The minimum absolute atomic E-state index is 0.124. The molecule has 1 heterocycles. The van der Waals surface area contributed by atoms with Crippen LogP contribution in [0.25, 0.3) is 0 Å². The van der Waals surface area contributed by atoms with Crippen molar-refractivity contribution in [3.05, 3.63) is 18.3 Å². The van der Waals surface area contributed by atoms with E-state index >= 15 is 0 Å². The molecule has 0 aromatic carbocycles. The van der Waals surface area contributed by atoms with Gasteiger partial charge in [0.05, 0.1) is 11.9 Å². The van der Waals surface area contributed by atoms with Gasteiger partial charge in [0.1, 0.15) is 5.82 Å². The van der Waals surface area contributed by atoms with Crippen molar-refractivity contribution < 1.29 is 4.79 Å². The monoisotopic (exact) mass is 233 g/mol. The van der Waals surface area contributed by atoms with Crippen LogP contribution in [-0.2, 0) is 4.79 Å². The highest BCUT2D eigenvalue weighted by Gasteiger charge is 2.29. The van der Waals surface area contributed by atoms with Crippen LogP contribution in [0.5, 0.6) is 0 Å². The van der Waals surface area contributed by atoms with E-state index in [0.717, 1.165) is 37.3 Å². The van der Waals surface area contributed by atoms with Gasteiger partial charge >= 0.3 is 0 Å². The fraction of sp³-hybridized carbons (Fsp3) is 0.538. The van der Waals surface area contributed by atoms with Crippen LogP contribution < -0.4 is 10.6 Å². The Morgan fingerprint density at radius 1 is 1.47 bits per heavy atom. The molecular weight excluding hydrogens is 214 g/mol. The Bertz CT molecular complexity index is 371. The molecule has 2 N–H and O–H groups in total. The van der Waals surface area contributed by atoms with E-state index in [-0.39, 0.29) is 11.8 Å². The van der Waals surface area contributed by atoms with Crippen LogP contribution >= 0.6 is 0 Å². The molecule has 4 nitrogen and oxygen atoms in total. The quantitative estimate of drug-likeness (QED) is 0.743. The lowest BCUT2D eigenvalue weighted by molar-refractivity contribution is -0.117. The zero-order valence-electron chi connectivity index (χ0n) is 10.2. The van der Waals surface area contributed by atoms with Gasteiger partial charge in [-0.15, -0.1) is 0 Å². The Morgan fingerprint density at radius 3 is 2.88 bits per heavy atom. The Morgan fingerprint density at radius 2 is 2.29 bits per heavy atom. The molecule has 0 unspecified atom stereocenters. The van der Waals surface area contributed by atoms with Gasteiger partial charge in [0.15, 0.2) is 0 Å². The molecule has 1 aromatic rings. The molecule has 1 aliphatic carbocycles. The summed E-state index contributed by atoms with van der Waals surface area (Å²) in [6, 6.07) is 3.79. The van der Waals surface area contributed by atoms with Crippen molar-refractivity contribution in [2.75, 3.05) is 17.2 Å². The molecule has 1 aromatic heterocycles. The third-order valence-corrected chi connectivity index (χ3v) is 2.82. The first-order valence-electron chi connectivity index (χ1n) is 6.30. The van der Waals surface area contributed by atoms with Crippen LogP contribution in [0.1, 0.15) is 32.6 Å². The number of carbonyl (C=O) groups excluding carboxylic acids is 1. The summed E-state index contributed by atoms with van der Waals surface area (Å²) in [6.45, 7) is 3.10. The van der Waals surface area contributed by atoms with Gasteiger partial charge in [0.2, 0.25) is 5.91 Å². The van der Waals surface area contributed by atoms with Crippen molar-refractivity contribution >= 4 is 17.4 Å². The Balaban J connectivity index is 1.82. The number of amides is 1. The second-order valence-corrected chi connectivity index (χ2v) is 4.48. The van der Waals surface area contributed by atoms with Gasteiger partial charge in [-0.25, -0.2) is 4.98 Å². The molecule has 1 aliphatic rings. The predicted molar refractivity (Wildman–Crippen MR) is 69.0 cm³/mol. The number of hydrogen-bond donors (Lipinski definition) is 2.